The van der Waals surface area contributed by atoms with E-state index in [1.54, 1.807) is 11.8 Å². The van der Waals surface area contributed by atoms with E-state index in [0.717, 1.165) is 21.5 Å². The van der Waals surface area contributed by atoms with Gasteiger partial charge in [-0.15, -0.1) is 11.8 Å². The van der Waals surface area contributed by atoms with Gasteiger partial charge in [-0.2, -0.15) is 0 Å². The monoisotopic (exact) mass is 246 g/mol. The average molecular weight is 246 g/mol. The van der Waals surface area contributed by atoms with Crippen LogP contribution in [0.4, 0.5) is 0 Å². The van der Waals surface area contributed by atoms with Crippen LogP contribution < -0.4 is 5.73 Å². The number of hydrogen-bond donors (Lipinski definition) is 1. The number of rotatable bonds is 2. The third kappa shape index (κ3) is 2.99. The van der Waals surface area contributed by atoms with Gasteiger partial charge >= 0.3 is 0 Å². The number of pyridine rings is 1. The molecule has 0 radical (unpaired) electrons. The zero-order valence-electron chi connectivity index (χ0n) is 10.5. The second kappa shape index (κ2) is 4.67. The van der Waals surface area contributed by atoms with E-state index >= 15 is 0 Å². The van der Waals surface area contributed by atoms with Crippen molar-refractivity contribution in [2.45, 2.75) is 37.1 Å². The Hall–Kier alpha value is -1.06. The molecule has 2 rings (SSSR count). The summed E-state index contributed by atoms with van der Waals surface area (Å²) in [5.41, 5.74) is 7.97. The van der Waals surface area contributed by atoms with E-state index in [1.807, 2.05) is 18.2 Å². The van der Waals surface area contributed by atoms with Crippen LogP contribution >= 0.6 is 11.8 Å². The van der Waals surface area contributed by atoms with Crippen molar-refractivity contribution in [3.05, 3.63) is 35.9 Å². The van der Waals surface area contributed by atoms with E-state index in [1.165, 1.54) is 0 Å². The molecule has 0 aliphatic carbocycles. The first kappa shape index (κ1) is 12.4. The van der Waals surface area contributed by atoms with Crippen LogP contribution in [0.2, 0.25) is 0 Å². The Labute approximate surface area is 107 Å². The van der Waals surface area contributed by atoms with Gasteiger partial charge in [-0.05, 0) is 17.7 Å². The van der Waals surface area contributed by atoms with E-state index in [4.69, 9.17) is 10.7 Å². The van der Waals surface area contributed by atoms with Gasteiger partial charge in [0.2, 0.25) is 0 Å². The highest BCUT2D eigenvalue weighted by Gasteiger charge is 2.16. The normalized spacial score (nSPS) is 12.0. The van der Waals surface area contributed by atoms with Crippen molar-refractivity contribution in [1.82, 2.24) is 4.98 Å². The first-order chi connectivity index (χ1) is 7.99. The van der Waals surface area contributed by atoms with Gasteiger partial charge in [0.05, 0.1) is 5.52 Å². The standard InChI is InChI=1S/C14H18N2S/c1-14(2,3)17-13-11(9-15)8-10-6-4-5-7-12(10)16-13/h4-8H,9,15H2,1-3H3. The minimum absolute atomic E-state index is 0.152. The molecule has 0 aliphatic rings. The van der Waals surface area contributed by atoms with Crippen molar-refractivity contribution in [1.29, 1.82) is 0 Å². The van der Waals surface area contributed by atoms with Crippen LogP contribution in [0, 0.1) is 0 Å². The molecule has 3 heteroatoms. The van der Waals surface area contributed by atoms with Crippen molar-refractivity contribution >= 4 is 22.7 Å². The number of fused-ring (bicyclic) bond motifs is 1. The summed E-state index contributed by atoms with van der Waals surface area (Å²) in [6, 6.07) is 10.3. The van der Waals surface area contributed by atoms with Crippen molar-refractivity contribution in [2.24, 2.45) is 5.73 Å². The highest BCUT2D eigenvalue weighted by Crippen LogP contribution is 2.34. The molecule has 0 spiro atoms. The highest BCUT2D eigenvalue weighted by atomic mass is 32.2. The number of nitrogens with zero attached hydrogens (tertiary/aromatic N) is 1. The maximum Gasteiger partial charge on any atom is 0.102 e. The van der Waals surface area contributed by atoms with Crippen LogP contribution in [0.1, 0.15) is 26.3 Å². The molecule has 0 unspecified atom stereocenters. The van der Waals surface area contributed by atoms with Gasteiger partial charge in [0.25, 0.3) is 0 Å². The summed E-state index contributed by atoms with van der Waals surface area (Å²) in [7, 11) is 0. The number of hydrogen-bond acceptors (Lipinski definition) is 3. The Morgan fingerprint density at radius 3 is 2.59 bits per heavy atom. The Balaban J connectivity index is 2.53. The van der Waals surface area contributed by atoms with Gasteiger partial charge in [0.15, 0.2) is 0 Å². The number of thioether (sulfide) groups is 1. The number of benzene rings is 1. The van der Waals surface area contributed by atoms with E-state index in [9.17, 15) is 0 Å². The molecule has 0 amide bonds. The molecule has 17 heavy (non-hydrogen) atoms. The van der Waals surface area contributed by atoms with Crippen LogP contribution in [0.25, 0.3) is 10.9 Å². The first-order valence-electron chi connectivity index (χ1n) is 5.77. The molecule has 1 heterocycles. The molecule has 90 valence electrons. The van der Waals surface area contributed by atoms with Gasteiger partial charge < -0.3 is 5.73 Å². The minimum Gasteiger partial charge on any atom is -0.326 e. The summed E-state index contributed by atoms with van der Waals surface area (Å²) in [6.45, 7) is 7.11. The second-order valence-corrected chi connectivity index (χ2v) is 6.88. The molecule has 0 saturated heterocycles. The Morgan fingerprint density at radius 1 is 1.24 bits per heavy atom. The molecular formula is C14H18N2S. The van der Waals surface area contributed by atoms with Gasteiger partial charge in [0, 0.05) is 16.7 Å². The van der Waals surface area contributed by atoms with Crippen molar-refractivity contribution in [2.75, 3.05) is 0 Å². The molecule has 2 nitrogen and oxygen atoms in total. The van der Waals surface area contributed by atoms with Crippen LogP contribution in [0.3, 0.4) is 0 Å². The summed E-state index contributed by atoms with van der Waals surface area (Å²) in [6.07, 6.45) is 0. The lowest BCUT2D eigenvalue weighted by Gasteiger charge is -2.19. The third-order valence-electron chi connectivity index (χ3n) is 2.39. The molecule has 0 bridgehead atoms. The number of nitrogens with two attached hydrogens (primary N) is 1. The predicted molar refractivity (Wildman–Crippen MR) is 75.2 cm³/mol. The largest absolute Gasteiger partial charge is 0.326 e. The molecule has 0 fully saturated rings. The van der Waals surface area contributed by atoms with Crippen LogP contribution in [0.5, 0.6) is 0 Å². The summed E-state index contributed by atoms with van der Waals surface area (Å²) in [5.74, 6) is 0. The second-order valence-electron chi connectivity index (χ2n) is 5.06. The molecule has 1 aromatic heterocycles. The Bertz CT molecular complexity index is 529. The smallest absolute Gasteiger partial charge is 0.102 e. The summed E-state index contributed by atoms with van der Waals surface area (Å²) in [5, 5.41) is 2.21. The fourth-order valence-corrected chi connectivity index (χ4v) is 2.66. The zero-order valence-corrected chi connectivity index (χ0v) is 11.3. The van der Waals surface area contributed by atoms with E-state index in [2.05, 4.69) is 32.9 Å². The SMILES string of the molecule is CC(C)(C)Sc1nc2ccccc2cc1CN. The van der Waals surface area contributed by atoms with Crippen molar-refractivity contribution in [3.8, 4) is 0 Å². The predicted octanol–water partition coefficient (Wildman–Crippen LogP) is 3.58. The zero-order chi connectivity index (χ0) is 12.5. The molecule has 1 aromatic carbocycles. The maximum absolute atomic E-state index is 5.81. The first-order valence-corrected chi connectivity index (χ1v) is 6.59. The molecule has 2 N–H and O–H groups in total. The quantitative estimate of drug-likeness (QED) is 0.823. The average Bonchev–Trinajstić information content (AvgIpc) is 2.26. The highest BCUT2D eigenvalue weighted by molar-refractivity contribution is 8.00. The molecular weight excluding hydrogens is 228 g/mol. The fourth-order valence-electron chi connectivity index (χ4n) is 1.67. The topological polar surface area (TPSA) is 38.9 Å². The van der Waals surface area contributed by atoms with Gasteiger partial charge in [0.1, 0.15) is 5.03 Å². The lowest BCUT2D eigenvalue weighted by molar-refractivity contribution is 0.797. The molecule has 0 saturated carbocycles. The maximum atomic E-state index is 5.81. The summed E-state index contributed by atoms with van der Waals surface area (Å²) < 4.78 is 0.152. The van der Waals surface area contributed by atoms with E-state index in [0.29, 0.717) is 6.54 Å². The Kier molecular flexibility index (Phi) is 3.40. The van der Waals surface area contributed by atoms with Crippen molar-refractivity contribution in [3.63, 3.8) is 0 Å². The van der Waals surface area contributed by atoms with Crippen LogP contribution in [-0.4, -0.2) is 9.73 Å². The third-order valence-corrected chi connectivity index (χ3v) is 3.55. The van der Waals surface area contributed by atoms with Gasteiger partial charge in [-0.25, -0.2) is 4.98 Å². The fraction of sp³-hybridized carbons (Fsp3) is 0.357. The van der Waals surface area contributed by atoms with E-state index < -0.39 is 0 Å². The molecule has 0 atom stereocenters. The van der Waals surface area contributed by atoms with Crippen LogP contribution in [0.15, 0.2) is 35.4 Å². The summed E-state index contributed by atoms with van der Waals surface area (Å²) >= 11 is 1.78. The lowest BCUT2D eigenvalue weighted by Crippen LogP contribution is -2.10. The number of para-hydroxylation sites is 1. The Morgan fingerprint density at radius 2 is 1.94 bits per heavy atom. The van der Waals surface area contributed by atoms with Crippen LogP contribution in [-0.2, 0) is 6.54 Å². The minimum atomic E-state index is 0.152. The van der Waals surface area contributed by atoms with Crippen molar-refractivity contribution < 1.29 is 0 Å². The summed E-state index contributed by atoms with van der Waals surface area (Å²) in [4.78, 5) is 4.71. The molecule has 0 aliphatic heterocycles. The lowest BCUT2D eigenvalue weighted by atomic mass is 10.1. The van der Waals surface area contributed by atoms with Gasteiger partial charge in [-0.3, -0.25) is 0 Å². The van der Waals surface area contributed by atoms with Gasteiger partial charge in [-0.1, -0.05) is 39.0 Å². The molecule has 2 aromatic rings. The van der Waals surface area contributed by atoms with E-state index in [-0.39, 0.29) is 4.75 Å². The number of aromatic nitrogens is 1.